The number of amidine groups is 1. The zero-order valence-electron chi connectivity index (χ0n) is 12.3. The third kappa shape index (κ3) is 2.92. The molecule has 0 unspecified atom stereocenters. The highest BCUT2D eigenvalue weighted by Gasteiger charge is 2.13. The van der Waals surface area contributed by atoms with Gasteiger partial charge >= 0.3 is 0 Å². The van der Waals surface area contributed by atoms with Gasteiger partial charge in [-0.3, -0.25) is 4.99 Å². The number of benzene rings is 2. The van der Waals surface area contributed by atoms with Crippen molar-refractivity contribution in [1.82, 2.24) is 0 Å². The van der Waals surface area contributed by atoms with Crippen LogP contribution in [0.1, 0.15) is 30.9 Å². The van der Waals surface area contributed by atoms with Gasteiger partial charge in [0.25, 0.3) is 0 Å². The maximum absolute atomic E-state index is 5.93. The third-order valence-corrected chi connectivity index (χ3v) is 3.74. The Labute approximate surface area is 125 Å². The van der Waals surface area contributed by atoms with E-state index in [1.807, 2.05) is 12.1 Å². The molecular weight excluding hydrogens is 260 g/mol. The lowest BCUT2D eigenvalue weighted by Crippen LogP contribution is -2.10. The fourth-order valence-corrected chi connectivity index (χ4v) is 2.49. The quantitative estimate of drug-likeness (QED) is 0.848. The first-order valence-electron chi connectivity index (χ1n) is 7.44. The van der Waals surface area contributed by atoms with Crippen LogP contribution >= 0.6 is 0 Å². The second kappa shape index (κ2) is 6.00. The van der Waals surface area contributed by atoms with Crippen LogP contribution in [0.3, 0.4) is 0 Å². The lowest BCUT2D eigenvalue weighted by molar-refractivity contribution is 0.309. The minimum absolute atomic E-state index is 0.641. The van der Waals surface area contributed by atoms with Crippen molar-refractivity contribution in [2.75, 3.05) is 6.61 Å². The maximum atomic E-state index is 5.93. The molecule has 2 aromatic carbocycles. The van der Waals surface area contributed by atoms with Crippen molar-refractivity contribution >= 4 is 5.84 Å². The van der Waals surface area contributed by atoms with Gasteiger partial charge in [-0.25, -0.2) is 0 Å². The maximum Gasteiger partial charge on any atom is 0.126 e. The molecular formula is C18H20N2O. The summed E-state index contributed by atoms with van der Waals surface area (Å²) in [5, 5.41) is 0. The van der Waals surface area contributed by atoms with Crippen molar-refractivity contribution in [3.63, 3.8) is 0 Å². The number of unbranched alkanes of at least 4 members (excludes halogenated alkanes) is 1. The standard InChI is InChI=1S/C18H20N2O/c1-2-3-9-21-16-6-4-5-13(10-16)14-7-8-15-12-20-18(19)17(15)11-14/h4-8,10-11H,2-3,9,12H2,1H3,(H2,19,20). The number of rotatable bonds is 5. The van der Waals surface area contributed by atoms with Crippen LogP contribution in [-0.4, -0.2) is 12.4 Å². The summed E-state index contributed by atoms with van der Waals surface area (Å²) in [6.07, 6.45) is 2.22. The topological polar surface area (TPSA) is 47.6 Å². The molecule has 0 spiro atoms. The van der Waals surface area contributed by atoms with E-state index in [4.69, 9.17) is 10.5 Å². The van der Waals surface area contributed by atoms with Crippen molar-refractivity contribution in [2.24, 2.45) is 10.7 Å². The average molecular weight is 280 g/mol. The lowest BCUT2D eigenvalue weighted by atomic mass is 9.99. The molecule has 1 aliphatic heterocycles. The minimum atomic E-state index is 0.641. The molecule has 1 aliphatic rings. The Morgan fingerprint density at radius 1 is 1.14 bits per heavy atom. The van der Waals surface area contributed by atoms with Crippen molar-refractivity contribution in [3.05, 3.63) is 53.6 Å². The van der Waals surface area contributed by atoms with Gasteiger partial charge in [-0.1, -0.05) is 37.6 Å². The Kier molecular flexibility index (Phi) is 3.91. The number of nitrogens with two attached hydrogens (primary N) is 1. The summed E-state index contributed by atoms with van der Waals surface area (Å²) in [6.45, 7) is 3.63. The van der Waals surface area contributed by atoms with Crippen LogP contribution in [0.15, 0.2) is 47.5 Å². The normalized spacial score (nSPS) is 12.9. The van der Waals surface area contributed by atoms with Crippen molar-refractivity contribution in [2.45, 2.75) is 26.3 Å². The summed E-state index contributed by atoms with van der Waals surface area (Å²) in [7, 11) is 0. The molecule has 3 nitrogen and oxygen atoms in total. The van der Waals surface area contributed by atoms with E-state index in [2.05, 4.69) is 42.2 Å². The number of fused-ring (bicyclic) bond motifs is 1. The van der Waals surface area contributed by atoms with Crippen molar-refractivity contribution in [1.29, 1.82) is 0 Å². The number of hydrogen-bond donors (Lipinski definition) is 1. The molecule has 0 saturated carbocycles. The van der Waals surface area contributed by atoms with Crippen LogP contribution in [0.2, 0.25) is 0 Å². The van der Waals surface area contributed by atoms with E-state index in [9.17, 15) is 0 Å². The predicted octanol–water partition coefficient (Wildman–Crippen LogP) is 3.75. The van der Waals surface area contributed by atoms with E-state index < -0.39 is 0 Å². The van der Waals surface area contributed by atoms with Gasteiger partial charge in [0.05, 0.1) is 13.2 Å². The first kappa shape index (κ1) is 13.7. The second-order valence-corrected chi connectivity index (χ2v) is 5.30. The summed E-state index contributed by atoms with van der Waals surface area (Å²) < 4.78 is 5.77. The molecule has 2 aromatic rings. The first-order chi connectivity index (χ1) is 10.3. The van der Waals surface area contributed by atoms with Gasteiger partial charge in [0.15, 0.2) is 0 Å². The Hall–Kier alpha value is -2.29. The van der Waals surface area contributed by atoms with Gasteiger partial charge < -0.3 is 10.5 Å². The van der Waals surface area contributed by atoms with E-state index in [0.29, 0.717) is 12.4 Å². The fourth-order valence-electron chi connectivity index (χ4n) is 2.49. The molecule has 0 saturated heterocycles. The Morgan fingerprint density at radius 2 is 2.00 bits per heavy atom. The summed E-state index contributed by atoms with van der Waals surface area (Å²) >= 11 is 0. The molecule has 21 heavy (non-hydrogen) atoms. The van der Waals surface area contributed by atoms with Crippen LogP contribution in [0.5, 0.6) is 5.75 Å². The van der Waals surface area contributed by atoms with Crippen LogP contribution in [-0.2, 0) is 6.54 Å². The number of hydrogen-bond acceptors (Lipinski definition) is 3. The Morgan fingerprint density at radius 3 is 2.86 bits per heavy atom. The van der Waals surface area contributed by atoms with E-state index in [-0.39, 0.29) is 0 Å². The SMILES string of the molecule is CCCCOc1cccc(-c2ccc3c(c2)C(N)=NC3)c1. The molecule has 0 bridgehead atoms. The molecule has 0 atom stereocenters. The van der Waals surface area contributed by atoms with Crippen molar-refractivity contribution < 1.29 is 4.74 Å². The van der Waals surface area contributed by atoms with E-state index >= 15 is 0 Å². The largest absolute Gasteiger partial charge is 0.494 e. The second-order valence-electron chi connectivity index (χ2n) is 5.30. The Balaban J connectivity index is 1.85. The number of ether oxygens (including phenoxy) is 1. The lowest BCUT2D eigenvalue weighted by Gasteiger charge is -2.09. The molecule has 0 aliphatic carbocycles. The molecule has 3 rings (SSSR count). The van der Waals surface area contributed by atoms with Crippen LogP contribution < -0.4 is 10.5 Å². The van der Waals surface area contributed by atoms with Crippen LogP contribution in [0, 0.1) is 0 Å². The van der Waals surface area contributed by atoms with Gasteiger partial charge in [0.1, 0.15) is 11.6 Å². The first-order valence-corrected chi connectivity index (χ1v) is 7.44. The van der Waals surface area contributed by atoms with E-state index in [1.165, 1.54) is 5.56 Å². The van der Waals surface area contributed by atoms with Gasteiger partial charge in [-0.2, -0.15) is 0 Å². The smallest absolute Gasteiger partial charge is 0.126 e. The van der Waals surface area contributed by atoms with E-state index in [1.54, 1.807) is 0 Å². The molecule has 108 valence electrons. The summed E-state index contributed by atoms with van der Waals surface area (Å²) in [5.41, 5.74) is 10.5. The fraction of sp³-hybridized carbons (Fsp3) is 0.278. The van der Waals surface area contributed by atoms with Gasteiger partial charge in [0.2, 0.25) is 0 Å². The summed E-state index contributed by atoms with van der Waals surface area (Å²) in [6, 6.07) is 14.6. The third-order valence-electron chi connectivity index (χ3n) is 3.74. The van der Waals surface area contributed by atoms with Crippen LogP contribution in [0.25, 0.3) is 11.1 Å². The van der Waals surface area contributed by atoms with Gasteiger partial charge in [0, 0.05) is 5.56 Å². The average Bonchev–Trinajstić information content (AvgIpc) is 2.89. The molecule has 0 radical (unpaired) electrons. The summed E-state index contributed by atoms with van der Waals surface area (Å²) in [5.74, 6) is 1.56. The Bertz CT molecular complexity index is 677. The van der Waals surface area contributed by atoms with E-state index in [0.717, 1.165) is 41.9 Å². The number of aliphatic imine (C=N–C) groups is 1. The number of nitrogens with zero attached hydrogens (tertiary/aromatic N) is 1. The zero-order valence-corrected chi connectivity index (χ0v) is 12.3. The molecule has 0 amide bonds. The van der Waals surface area contributed by atoms with Crippen molar-refractivity contribution in [3.8, 4) is 16.9 Å². The highest BCUT2D eigenvalue weighted by molar-refractivity contribution is 6.01. The molecule has 0 fully saturated rings. The monoisotopic (exact) mass is 280 g/mol. The predicted molar refractivity (Wildman–Crippen MR) is 86.7 cm³/mol. The van der Waals surface area contributed by atoms with Gasteiger partial charge in [-0.15, -0.1) is 0 Å². The molecule has 3 heteroatoms. The van der Waals surface area contributed by atoms with Crippen LogP contribution in [0.4, 0.5) is 0 Å². The molecule has 1 heterocycles. The molecule has 0 aromatic heterocycles. The minimum Gasteiger partial charge on any atom is -0.494 e. The summed E-state index contributed by atoms with van der Waals surface area (Å²) in [4.78, 5) is 4.28. The van der Waals surface area contributed by atoms with Gasteiger partial charge in [-0.05, 0) is 41.3 Å². The highest BCUT2D eigenvalue weighted by Crippen LogP contribution is 2.28. The zero-order chi connectivity index (χ0) is 14.7. The molecule has 2 N–H and O–H groups in total. The highest BCUT2D eigenvalue weighted by atomic mass is 16.5.